The highest BCUT2D eigenvalue weighted by atomic mass is 16.5. The molecule has 15 heavy (non-hydrogen) atoms. The fraction of sp³-hybridized carbons (Fsp3) is 0.500. The van der Waals surface area contributed by atoms with Crippen molar-refractivity contribution in [3.05, 3.63) is 23.3 Å². The summed E-state index contributed by atoms with van der Waals surface area (Å²) in [5.74, 6) is 1.39. The number of methoxy groups -OCH3 is 1. The monoisotopic (exact) mass is 207 g/mol. The van der Waals surface area contributed by atoms with E-state index < -0.39 is 0 Å². The molecule has 2 N–H and O–H groups in total. The van der Waals surface area contributed by atoms with Crippen LogP contribution in [0.5, 0.6) is 11.5 Å². The van der Waals surface area contributed by atoms with Gasteiger partial charge < -0.3 is 15.2 Å². The fourth-order valence-electron chi connectivity index (χ4n) is 2.14. The highest BCUT2D eigenvalue weighted by Gasteiger charge is 2.22. The number of nitrogens with one attached hydrogen (secondary N) is 1. The first-order valence-electron chi connectivity index (χ1n) is 5.31. The Morgan fingerprint density at radius 1 is 1.47 bits per heavy atom. The summed E-state index contributed by atoms with van der Waals surface area (Å²) < 4.78 is 5.29. The molecule has 0 bridgehead atoms. The van der Waals surface area contributed by atoms with Crippen molar-refractivity contribution < 1.29 is 9.84 Å². The molecule has 1 aliphatic rings. The maximum atomic E-state index is 9.89. The summed E-state index contributed by atoms with van der Waals surface area (Å²) in [5, 5.41) is 13.2. The molecule has 1 aromatic rings. The third kappa shape index (κ3) is 1.79. The molecule has 0 amide bonds. The van der Waals surface area contributed by atoms with Gasteiger partial charge in [0.1, 0.15) is 0 Å². The van der Waals surface area contributed by atoms with E-state index in [0.717, 1.165) is 30.6 Å². The molecule has 82 valence electrons. The molecular formula is C12H17NO2. The Morgan fingerprint density at radius 2 is 2.27 bits per heavy atom. The van der Waals surface area contributed by atoms with Crippen molar-refractivity contribution in [3.63, 3.8) is 0 Å². The molecule has 0 radical (unpaired) electrons. The average Bonchev–Trinajstić information content (AvgIpc) is 2.75. The van der Waals surface area contributed by atoms with Gasteiger partial charge in [0.05, 0.1) is 7.11 Å². The molecule has 1 heterocycles. The number of aromatic hydroxyl groups is 1. The Kier molecular flexibility index (Phi) is 2.82. The lowest BCUT2D eigenvalue weighted by Crippen LogP contribution is -2.08. The first-order chi connectivity index (χ1) is 7.24. The van der Waals surface area contributed by atoms with E-state index in [0.29, 0.717) is 11.7 Å². The lowest BCUT2D eigenvalue weighted by atomic mass is 9.95. The van der Waals surface area contributed by atoms with Crippen LogP contribution in [0.1, 0.15) is 23.5 Å². The van der Waals surface area contributed by atoms with Gasteiger partial charge in [-0.05, 0) is 25.5 Å². The Balaban J connectivity index is 2.41. The lowest BCUT2D eigenvalue weighted by molar-refractivity contribution is 0.365. The average molecular weight is 207 g/mol. The van der Waals surface area contributed by atoms with Crippen LogP contribution in [0, 0.1) is 6.92 Å². The Hall–Kier alpha value is -1.22. The molecule has 1 fully saturated rings. The van der Waals surface area contributed by atoms with Gasteiger partial charge >= 0.3 is 0 Å². The molecule has 0 spiro atoms. The van der Waals surface area contributed by atoms with E-state index in [1.165, 1.54) is 0 Å². The van der Waals surface area contributed by atoms with Gasteiger partial charge in [0, 0.05) is 18.0 Å². The van der Waals surface area contributed by atoms with E-state index in [1.54, 1.807) is 7.11 Å². The van der Waals surface area contributed by atoms with E-state index in [2.05, 4.69) is 11.4 Å². The number of ether oxygens (including phenoxy) is 1. The molecule has 0 saturated carbocycles. The second-order valence-electron chi connectivity index (χ2n) is 4.04. The quantitative estimate of drug-likeness (QED) is 0.776. The van der Waals surface area contributed by atoms with Crippen LogP contribution in [0.15, 0.2) is 12.1 Å². The topological polar surface area (TPSA) is 41.5 Å². The first kappa shape index (κ1) is 10.3. The number of aryl methyl sites for hydroxylation is 1. The predicted octanol–water partition coefficient (Wildman–Crippen LogP) is 1.79. The molecule has 2 rings (SSSR count). The third-order valence-electron chi connectivity index (χ3n) is 3.07. The number of hydrogen-bond acceptors (Lipinski definition) is 3. The summed E-state index contributed by atoms with van der Waals surface area (Å²) in [6.45, 7) is 3.90. The van der Waals surface area contributed by atoms with Crippen molar-refractivity contribution in [3.8, 4) is 11.5 Å². The largest absolute Gasteiger partial charge is 0.504 e. The summed E-state index contributed by atoms with van der Waals surface area (Å²) in [7, 11) is 1.61. The summed E-state index contributed by atoms with van der Waals surface area (Å²) in [6.07, 6.45) is 1.11. The van der Waals surface area contributed by atoms with Gasteiger partial charge in [0.25, 0.3) is 0 Å². The molecular weight excluding hydrogens is 190 g/mol. The zero-order valence-electron chi connectivity index (χ0n) is 9.21. The molecule has 1 saturated heterocycles. The van der Waals surface area contributed by atoms with Gasteiger partial charge in [-0.1, -0.05) is 12.1 Å². The minimum Gasteiger partial charge on any atom is -0.504 e. The molecule has 0 aromatic heterocycles. The van der Waals surface area contributed by atoms with E-state index in [1.807, 2.05) is 13.0 Å². The van der Waals surface area contributed by atoms with Gasteiger partial charge in [-0.25, -0.2) is 0 Å². The van der Waals surface area contributed by atoms with Crippen molar-refractivity contribution in [1.29, 1.82) is 0 Å². The summed E-state index contributed by atoms with van der Waals surface area (Å²) in [6, 6.07) is 4.01. The molecule has 3 nitrogen and oxygen atoms in total. The zero-order chi connectivity index (χ0) is 10.8. The van der Waals surface area contributed by atoms with Crippen molar-refractivity contribution in [1.82, 2.24) is 5.32 Å². The maximum Gasteiger partial charge on any atom is 0.164 e. The molecule has 1 aromatic carbocycles. The highest BCUT2D eigenvalue weighted by Crippen LogP contribution is 2.38. The SMILES string of the molecule is COc1c(C2CCNC2)ccc(C)c1O. The number of phenols is 1. The zero-order valence-corrected chi connectivity index (χ0v) is 9.21. The van der Waals surface area contributed by atoms with Crippen LogP contribution < -0.4 is 10.1 Å². The van der Waals surface area contributed by atoms with Crippen LogP contribution in [0.2, 0.25) is 0 Å². The number of benzene rings is 1. The van der Waals surface area contributed by atoms with Crippen LogP contribution in [0.25, 0.3) is 0 Å². The van der Waals surface area contributed by atoms with E-state index in [-0.39, 0.29) is 5.75 Å². The van der Waals surface area contributed by atoms with Crippen molar-refractivity contribution >= 4 is 0 Å². The van der Waals surface area contributed by atoms with Crippen LogP contribution in [0.4, 0.5) is 0 Å². The van der Waals surface area contributed by atoms with Gasteiger partial charge in [-0.15, -0.1) is 0 Å². The minimum absolute atomic E-state index is 0.280. The van der Waals surface area contributed by atoms with Gasteiger partial charge in [-0.3, -0.25) is 0 Å². The van der Waals surface area contributed by atoms with E-state index in [4.69, 9.17) is 4.74 Å². The smallest absolute Gasteiger partial charge is 0.164 e. The standard InChI is InChI=1S/C12H17NO2/c1-8-3-4-10(9-5-6-13-7-9)12(15-2)11(8)14/h3-4,9,13-14H,5-7H2,1-2H3. The normalized spacial score (nSPS) is 20.5. The molecule has 1 unspecified atom stereocenters. The second-order valence-corrected chi connectivity index (χ2v) is 4.04. The molecule has 1 atom stereocenters. The fourth-order valence-corrected chi connectivity index (χ4v) is 2.14. The number of phenolic OH excluding ortho intramolecular Hbond substituents is 1. The molecule has 0 aliphatic carbocycles. The summed E-state index contributed by atoms with van der Waals surface area (Å²) in [4.78, 5) is 0. The Labute approximate surface area is 90.1 Å². The van der Waals surface area contributed by atoms with Crippen molar-refractivity contribution in [2.24, 2.45) is 0 Å². The van der Waals surface area contributed by atoms with Crippen molar-refractivity contribution in [2.75, 3.05) is 20.2 Å². The summed E-state index contributed by atoms with van der Waals surface area (Å²) in [5.41, 5.74) is 1.98. The van der Waals surface area contributed by atoms with Gasteiger partial charge in [0.2, 0.25) is 0 Å². The molecule has 1 aliphatic heterocycles. The summed E-state index contributed by atoms with van der Waals surface area (Å²) >= 11 is 0. The molecule has 3 heteroatoms. The second kappa shape index (κ2) is 4.11. The Bertz CT molecular complexity index is 357. The van der Waals surface area contributed by atoms with Gasteiger partial charge in [-0.2, -0.15) is 0 Å². The van der Waals surface area contributed by atoms with Gasteiger partial charge in [0.15, 0.2) is 11.5 Å². The van der Waals surface area contributed by atoms with Crippen LogP contribution >= 0.6 is 0 Å². The number of hydrogen-bond donors (Lipinski definition) is 2. The minimum atomic E-state index is 0.280. The Morgan fingerprint density at radius 3 is 2.87 bits per heavy atom. The first-order valence-corrected chi connectivity index (χ1v) is 5.31. The lowest BCUT2D eigenvalue weighted by Gasteiger charge is -2.16. The van der Waals surface area contributed by atoms with Crippen LogP contribution in [-0.4, -0.2) is 25.3 Å². The maximum absolute atomic E-state index is 9.89. The predicted molar refractivity (Wildman–Crippen MR) is 59.6 cm³/mol. The van der Waals surface area contributed by atoms with Crippen molar-refractivity contribution in [2.45, 2.75) is 19.3 Å². The van der Waals surface area contributed by atoms with Crippen LogP contribution in [0.3, 0.4) is 0 Å². The van der Waals surface area contributed by atoms with E-state index >= 15 is 0 Å². The third-order valence-corrected chi connectivity index (χ3v) is 3.07. The highest BCUT2D eigenvalue weighted by molar-refractivity contribution is 5.52. The number of rotatable bonds is 2. The van der Waals surface area contributed by atoms with E-state index in [9.17, 15) is 5.11 Å². The van der Waals surface area contributed by atoms with Crippen LogP contribution in [-0.2, 0) is 0 Å².